The minimum absolute atomic E-state index is 0.0923. The summed E-state index contributed by atoms with van der Waals surface area (Å²) in [4.78, 5) is 31.9. The fraction of sp³-hybridized carbons (Fsp3) is 0.764. The van der Waals surface area contributed by atoms with Gasteiger partial charge in [-0.3, -0.25) is 4.79 Å². The molecule has 6 heterocycles. The molecule has 4 fully saturated rings. The Morgan fingerprint density at radius 3 is 2.25 bits per heavy atom. The number of cyclic esters (lactones) is 1. The van der Waals surface area contributed by atoms with Crippen LogP contribution in [0.2, 0.25) is 0 Å². The van der Waals surface area contributed by atoms with Crippen molar-refractivity contribution in [3.63, 3.8) is 0 Å². The topological polar surface area (TPSA) is 258 Å². The SMILES string of the molecule is CC[C@H]1OC(=O)[C@H](C)C(O[C@H]2C[C@@](C)(OC)[C@@H](O)[C@H](C)O2)[C@H](C)C(O[C@@H]2O[C@H](C)C[C@H](N(C)CCc3cn([C@H](CF)[C@H](OC)c4ccc(-n5ccnn5)cc4)nn3)[C@H]2O)[C@](C)(OC)C[C@@H](C)/C(=N\O)[C@H](C)[C@H]2N(C)C(=O)O[C@]12C. The van der Waals surface area contributed by atoms with Crippen LogP contribution in [0.3, 0.4) is 0 Å². The van der Waals surface area contributed by atoms with Gasteiger partial charge in [-0.1, -0.05) is 55.4 Å². The number of benzene rings is 1. The molecule has 79 heavy (non-hydrogen) atoms. The number of carbonyl (C=O) groups is 2. The maximum Gasteiger partial charge on any atom is 0.410 e. The van der Waals surface area contributed by atoms with E-state index in [2.05, 4.69) is 25.8 Å². The lowest BCUT2D eigenvalue weighted by atomic mass is 9.72. The van der Waals surface area contributed by atoms with E-state index < -0.39 is 139 Å². The number of oxime groups is 1. The average Bonchev–Trinajstić information content (AvgIpc) is 4.41. The lowest BCUT2D eigenvalue weighted by Gasteiger charge is -2.50. The Hall–Kier alpha value is -4.76. The van der Waals surface area contributed by atoms with Gasteiger partial charge in [-0.15, -0.1) is 10.2 Å². The van der Waals surface area contributed by atoms with Crippen molar-refractivity contribution < 1.29 is 72.0 Å². The zero-order valence-corrected chi connectivity index (χ0v) is 48.5. The first kappa shape index (κ1) is 61.9. The van der Waals surface area contributed by atoms with Crippen LogP contribution in [0.5, 0.6) is 0 Å². The van der Waals surface area contributed by atoms with E-state index in [0.29, 0.717) is 30.8 Å². The van der Waals surface area contributed by atoms with Crippen molar-refractivity contribution in [1.29, 1.82) is 0 Å². The minimum Gasteiger partial charge on any atom is -0.458 e. The standard InChI is InChI=1S/C55H86FN9O14/c1-16-41-55(10)47(63(12)52(69)79-55)32(4)43(59-70)30(2)26-54(9,73-15)49(33(5)45(34(6)50(68)76-41)77-42-27-53(8,72-14)48(67)35(7)75-42)78-51-44(66)39(25-31(3)74-51)62(11)23-21-37-29-65(61-58-37)40(28-56)46(71-13)36-17-19-38(20-18-36)64-24-22-57-60-64/h17-20,22,24,29-35,39-42,44-49,51,66-67,70H,16,21,23,25-28H2,1-15H3/b59-43+/t30-,31-,32+,33+,34-,35+,39+,40-,41-,42+,44-,45?,46-,47-,48+,49?,51+,53-,54-,55-/m1/s1. The van der Waals surface area contributed by atoms with Gasteiger partial charge in [-0.25, -0.2) is 18.5 Å². The van der Waals surface area contributed by atoms with Crippen LogP contribution in [-0.4, -0.2) is 206 Å². The number of likely N-dealkylation sites (N-methyl/N-ethyl adjacent to an activating group) is 2. The Morgan fingerprint density at radius 2 is 1.65 bits per heavy atom. The number of aromatic nitrogens is 6. The molecular formula is C55H86FN9O14. The molecule has 24 heteroatoms. The molecule has 20 atom stereocenters. The summed E-state index contributed by atoms with van der Waals surface area (Å²) in [7, 11) is 8.08. The van der Waals surface area contributed by atoms with Crippen molar-refractivity contribution in [1.82, 2.24) is 39.8 Å². The fourth-order valence-electron chi connectivity index (χ4n) is 12.9. The Bertz CT molecular complexity index is 2490. The van der Waals surface area contributed by atoms with Crippen molar-refractivity contribution in [2.75, 3.05) is 48.6 Å². The first-order valence-corrected chi connectivity index (χ1v) is 27.5. The first-order chi connectivity index (χ1) is 37.4. The Kier molecular flexibility index (Phi) is 20.0. The second-order valence-electron chi connectivity index (χ2n) is 23.0. The number of rotatable bonds is 17. The largest absolute Gasteiger partial charge is 0.458 e. The molecule has 0 saturated carbocycles. The van der Waals surface area contributed by atoms with Crippen LogP contribution in [0.15, 0.2) is 48.0 Å². The quantitative estimate of drug-likeness (QED) is 0.0859. The molecule has 7 rings (SSSR count). The van der Waals surface area contributed by atoms with E-state index in [1.807, 2.05) is 77.8 Å². The zero-order chi connectivity index (χ0) is 57.9. The fourth-order valence-corrected chi connectivity index (χ4v) is 12.9. The molecule has 0 aliphatic carbocycles. The van der Waals surface area contributed by atoms with Crippen molar-refractivity contribution >= 4 is 17.8 Å². The van der Waals surface area contributed by atoms with Crippen LogP contribution in [0.4, 0.5) is 9.18 Å². The Morgan fingerprint density at radius 1 is 0.949 bits per heavy atom. The molecule has 1 aromatic carbocycles. The highest BCUT2D eigenvalue weighted by Gasteiger charge is 2.60. The van der Waals surface area contributed by atoms with Crippen molar-refractivity contribution in [2.45, 2.75) is 198 Å². The van der Waals surface area contributed by atoms with E-state index in [1.54, 1.807) is 65.1 Å². The number of hydrogen-bond donors (Lipinski definition) is 3. The first-order valence-electron chi connectivity index (χ1n) is 27.5. The number of esters is 1. The van der Waals surface area contributed by atoms with Crippen LogP contribution in [0, 0.1) is 23.7 Å². The van der Waals surface area contributed by atoms with Gasteiger partial charge in [0.05, 0.1) is 77.1 Å². The predicted octanol–water partition coefficient (Wildman–Crippen LogP) is 5.48. The van der Waals surface area contributed by atoms with Crippen LogP contribution in [0.25, 0.3) is 5.69 Å². The molecule has 3 N–H and O–H groups in total. The maximum absolute atomic E-state index is 14.9. The Balaban J connectivity index is 1.18. The zero-order valence-electron chi connectivity index (χ0n) is 48.5. The van der Waals surface area contributed by atoms with Gasteiger partial charge in [0.2, 0.25) is 0 Å². The van der Waals surface area contributed by atoms with Gasteiger partial charge in [0.25, 0.3) is 0 Å². The summed E-state index contributed by atoms with van der Waals surface area (Å²) in [6, 6.07) is 5.36. The molecule has 23 nitrogen and oxygen atoms in total. The lowest BCUT2D eigenvalue weighted by molar-refractivity contribution is -0.319. The molecule has 0 radical (unpaired) electrons. The second kappa shape index (κ2) is 25.6. The summed E-state index contributed by atoms with van der Waals surface area (Å²) in [5.41, 5.74) is -1.28. The highest BCUT2D eigenvalue weighted by atomic mass is 19.1. The monoisotopic (exact) mass is 1120 g/mol. The summed E-state index contributed by atoms with van der Waals surface area (Å²) < 4.78 is 75.7. The van der Waals surface area contributed by atoms with Gasteiger partial charge in [0.15, 0.2) is 18.2 Å². The van der Waals surface area contributed by atoms with Crippen molar-refractivity contribution in [2.24, 2.45) is 28.8 Å². The molecule has 2 unspecified atom stereocenters. The van der Waals surface area contributed by atoms with Gasteiger partial charge in [-0.2, -0.15) is 0 Å². The molecule has 4 aliphatic rings. The molecule has 3 aromatic rings. The number of fused-ring (bicyclic) bond motifs is 1. The van der Waals surface area contributed by atoms with Crippen LogP contribution >= 0.6 is 0 Å². The van der Waals surface area contributed by atoms with Gasteiger partial charge in [0.1, 0.15) is 37.1 Å². The van der Waals surface area contributed by atoms with E-state index in [1.165, 1.54) is 23.8 Å². The number of aliphatic hydroxyl groups excluding tert-OH is 2. The van der Waals surface area contributed by atoms with Crippen molar-refractivity contribution in [3.05, 3.63) is 54.1 Å². The van der Waals surface area contributed by atoms with Crippen molar-refractivity contribution in [3.8, 4) is 5.69 Å². The third-order valence-electron chi connectivity index (χ3n) is 17.6. The van der Waals surface area contributed by atoms with E-state index in [9.17, 15) is 29.4 Å². The summed E-state index contributed by atoms with van der Waals surface area (Å²) in [5, 5.41) is 55.1. The smallest absolute Gasteiger partial charge is 0.410 e. The number of hydrogen-bond acceptors (Lipinski definition) is 20. The number of nitrogens with zero attached hydrogens (tertiary/aromatic N) is 9. The van der Waals surface area contributed by atoms with Gasteiger partial charge >= 0.3 is 12.1 Å². The molecule has 2 aromatic heterocycles. The predicted molar refractivity (Wildman–Crippen MR) is 284 cm³/mol. The van der Waals surface area contributed by atoms with Gasteiger partial charge in [-0.05, 0) is 85.5 Å². The number of alkyl halides is 1. The third-order valence-corrected chi connectivity index (χ3v) is 17.6. The number of aliphatic hydroxyl groups is 2. The molecule has 442 valence electrons. The molecular weight excluding hydrogens is 1030 g/mol. The molecule has 4 aliphatic heterocycles. The summed E-state index contributed by atoms with van der Waals surface area (Å²) in [6.07, 6.45) is -3.57. The average molecular weight is 1120 g/mol. The number of carbonyl (C=O) groups excluding carboxylic acids is 2. The van der Waals surface area contributed by atoms with E-state index in [-0.39, 0.29) is 19.3 Å². The number of amides is 1. The summed E-state index contributed by atoms with van der Waals surface area (Å²) >= 11 is 0. The summed E-state index contributed by atoms with van der Waals surface area (Å²) in [5.74, 6) is -3.63. The number of ether oxygens (including phenoxy) is 9. The van der Waals surface area contributed by atoms with Crippen LogP contribution in [0.1, 0.15) is 118 Å². The van der Waals surface area contributed by atoms with E-state index in [0.717, 1.165) is 11.3 Å². The second-order valence-corrected chi connectivity index (χ2v) is 23.0. The van der Waals surface area contributed by atoms with Crippen LogP contribution in [-0.2, 0) is 53.8 Å². The van der Waals surface area contributed by atoms with Gasteiger partial charge in [0, 0.05) is 77.8 Å². The molecule has 0 spiro atoms. The Labute approximate surface area is 463 Å². The number of halogens is 1. The van der Waals surface area contributed by atoms with E-state index in [4.69, 9.17) is 42.6 Å². The lowest BCUT2D eigenvalue weighted by Crippen LogP contribution is -2.62. The summed E-state index contributed by atoms with van der Waals surface area (Å²) in [6.45, 7) is 17.8. The molecule has 0 bridgehead atoms. The van der Waals surface area contributed by atoms with Crippen LogP contribution < -0.4 is 0 Å². The maximum atomic E-state index is 14.9. The highest BCUT2D eigenvalue weighted by molar-refractivity contribution is 5.90. The normalized spacial score (nSPS) is 38.3. The molecule has 4 saturated heterocycles. The minimum atomic E-state index is -1.38. The highest BCUT2D eigenvalue weighted by Crippen LogP contribution is 2.45. The third kappa shape index (κ3) is 12.7. The van der Waals surface area contributed by atoms with Gasteiger partial charge < -0.3 is 67.9 Å². The number of methoxy groups -OCH3 is 3. The molecule has 1 amide bonds. The van der Waals surface area contributed by atoms with E-state index >= 15 is 0 Å².